The number of hydrazone groups is 1. The van der Waals surface area contributed by atoms with Crippen LogP contribution in [0.25, 0.3) is 5.69 Å². The van der Waals surface area contributed by atoms with E-state index in [1.165, 1.54) is 10.6 Å². The molecule has 136 valence electrons. The Hall–Kier alpha value is -3.23. The van der Waals surface area contributed by atoms with Crippen molar-refractivity contribution >= 4 is 35.9 Å². The van der Waals surface area contributed by atoms with E-state index >= 15 is 0 Å². The average Bonchev–Trinajstić information content (AvgIpc) is 2.65. The summed E-state index contributed by atoms with van der Waals surface area (Å²) in [7, 11) is 0. The summed E-state index contributed by atoms with van der Waals surface area (Å²) in [6, 6.07) is 15.2. The Labute approximate surface area is 163 Å². The van der Waals surface area contributed by atoms with E-state index in [0.29, 0.717) is 5.69 Å². The maximum atomic E-state index is 12.1. The summed E-state index contributed by atoms with van der Waals surface area (Å²) in [5.74, 6) is -0.950. The van der Waals surface area contributed by atoms with Gasteiger partial charge in [0.05, 0.1) is 22.5 Å². The number of carbonyl (C=O) groups excluding carboxylic acids is 1. The first-order chi connectivity index (χ1) is 13.0. The molecule has 27 heavy (non-hydrogen) atoms. The highest BCUT2D eigenvalue weighted by Gasteiger charge is 2.13. The van der Waals surface area contributed by atoms with Crippen LogP contribution < -0.4 is 11.0 Å². The van der Waals surface area contributed by atoms with Gasteiger partial charge in [0.15, 0.2) is 4.77 Å². The minimum absolute atomic E-state index is 0.0287. The van der Waals surface area contributed by atoms with Crippen molar-refractivity contribution in [1.29, 1.82) is 0 Å². The molecule has 0 spiro atoms. The van der Waals surface area contributed by atoms with Crippen molar-refractivity contribution in [1.82, 2.24) is 15.0 Å². The number of carbonyl (C=O) groups is 1. The molecule has 3 aromatic rings. The molecule has 1 aromatic heterocycles. The van der Waals surface area contributed by atoms with Crippen LogP contribution in [0.3, 0.4) is 0 Å². The first-order valence-corrected chi connectivity index (χ1v) is 8.49. The Balaban J connectivity index is 1.92. The van der Waals surface area contributed by atoms with Crippen LogP contribution in [-0.2, 0) is 0 Å². The molecule has 9 heteroatoms. The Morgan fingerprint density at radius 1 is 1.19 bits per heavy atom. The van der Waals surface area contributed by atoms with Crippen LogP contribution in [-0.4, -0.2) is 26.8 Å². The third-order valence-corrected chi connectivity index (χ3v) is 4.23. The van der Waals surface area contributed by atoms with Crippen molar-refractivity contribution < 1.29 is 9.90 Å². The number of nitrogens with one attached hydrogen (secondary N) is 2. The number of hydrogen-bond acceptors (Lipinski definition) is 5. The smallest absolute Gasteiger partial charge is 0.272 e. The number of nitrogens with zero attached hydrogens (tertiary/aromatic N) is 2. The Morgan fingerprint density at radius 2 is 1.85 bits per heavy atom. The molecule has 3 N–H and O–H groups in total. The van der Waals surface area contributed by atoms with Gasteiger partial charge in [-0.2, -0.15) is 5.10 Å². The summed E-state index contributed by atoms with van der Waals surface area (Å²) in [5.41, 5.74) is 2.26. The fourth-order valence-electron chi connectivity index (χ4n) is 2.33. The molecule has 0 unspecified atom stereocenters. The number of H-pyrrole nitrogens is 1. The molecular formula is C18H13ClN4O3S. The van der Waals surface area contributed by atoms with Crippen LogP contribution in [0.5, 0.6) is 5.88 Å². The molecule has 0 bridgehead atoms. The highest BCUT2D eigenvalue weighted by molar-refractivity contribution is 7.71. The Morgan fingerprint density at radius 3 is 2.56 bits per heavy atom. The minimum Gasteiger partial charge on any atom is -0.494 e. The zero-order valence-corrected chi connectivity index (χ0v) is 15.3. The van der Waals surface area contributed by atoms with E-state index in [4.69, 9.17) is 23.8 Å². The second kappa shape index (κ2) is 7.98. The van der Waals surface area contributed by atoms with Gasteiger partial charge in [0, 0.05) is 0 Å². The van der Waals surface area contributed by atoms with Crippen molar-refractivity contribution in [2.24, 2.45) is 5.10 Å². The van der Waals surface area contributed by atoms with E-state index in [9.17, 15) is 14.7 Å². The normalized spacial score (nSPS) is 10.9. The predicted molar refractivity (Wildman–Crippen MR) is 105 cm³/mol. The number of halogens is 1. The topological polar surface area (TPSA) is 99.5 Å². The maximum absolute atomic E-state index is 12.1. The van der Waals surface area contributed by atoms with Gasteiger partial charge in [-0.15, -0.1) is 0 Å². The van der Waals surface area contributed by atoms with Crippen molar-refractivity contribution in [2.75, 3.05) is 0 Å². The van der Waals surface area contributed by atoms with Crippen LogP contribution in [0.15, 0.2) is 64.5 Å². The molecule has 0 aliphatic rings. The molecule has 0 atom stereocenters. The van der Waals surface area contributed by atoms with Gasteiger partial charge in [-0.3, -0.25) is 19.1 Å². The Kier molecular flexibility index (Phi) is 5.49. The summed E-state index contributed by atoms with van der Waals surface area (Å²) >= 11 is 11.1. The highest BCUT2D eigenvalue weighted by Crippen LogP contribution is 2.18. The number of hydrogen-bond donors (Lipinski definition) is 3. The molecule has 0 aliphatic heterocycles. The first-order valence-electron chi connectivity index (χ1n) is 7.70. The van der Waals surface area contributed by atoms with Crippen LogP contribution >= 0.6 is 23.8 Å². The molecule has 0 fully saturated rings. The molecule has 1 amide bonds. The lowest BCUT2D eigenvalue weighted by atomic mass is 10.2. The molecular weight excluding hydrogens is 388 g/mol. The van der Waals surface area contributed by atoms with Crippen molar-refractivity contribution in [3.63, 3.8) is 0 Å². The van der Waals surface area contributed by atoms with Gasteiger partial charge in [0.2, 0.25) is 5.88 Å². The average molecular weight is 401 g/mol. The van der Waals surface area contributed by atoms with Gasteiger partial charge >= 0.3 is 0 Å². The van der Waals surface area contributed by atoms with E-state index in [1.807, 2.05) is 6.07 Å². The van der Waals surface area contributed by atoms with Gasteiger partial charge in [-0.1, -0.05) is 41.9 Å². The van der Waals surface area contributed by atoms with Crippen molar-refractivity contribution in [3.05, 3.63) is 85.9 Å². The summed E-state index contributed by atoms with van der Waals surface area (Å²) in [4.78, 5) is 26.7. The zero-order valence-electron chi connectivity index (χ0n) is 13.7. The zero-order chi connectivity index (χ0) is 19.4. The standard InChI is InChI=1S/C18H13ClN4O3S/c19-14-9-5-4-8-12(14)16(25)22-20-10-13-15(24)21-18(27)23(17(13)26)11-6-2-1-3-7-11/h1-10,26H,(H,22,25)(H,21,24,27)/b20-10+. The molecule has 1 heterocycles. The number of amides is 1. The SMILES string of the molecule is O=C(N/N=C/c1c(O)n(-c2ccccc2)c(=S)[nH]c1=O)c1ccccc1Cl. The fraction of sp³-hybridized carbons (Fsp3) is 0. The van der Waals surface area contributed by atoms with Crippen LogP contribution in [0.2, 0.25) is 5.02 Å². The van der Waals surface area contributed by atoms with Gasteiger partial charge < -0.3 is 5.11 Å². The van der Waals surface area contributed by atoms with Gasteiger partial charge in [-0.05, 0) is 36.5 Å². The lowest BCUT2D eigenvalue weighted by Gasteiger charge is -2.10. The van der Waals surface area contributed by atoms with Crippen molar-refractivity contribution in [2.45, 2.75) is 0 Å². The first kappa shape index (κ1) is 18.6. The van der Waals surface area contributed by atoms with Gasteiger partial charge in [0.1, 0.15) is 5.56 Å². The van der Waals surface area contributed by atoms with Crippen LogP contribution in [0, 0.1) is 4.77 Å². The van der Waals surface area contributed by atoms with Gasteiger partial charge in [-0.25, -0.2) is 5.43 Å². The lowest BCUT2D eigenvalue weighted by molar-refractivity contribution is 0.0955. The van der Waals surface area contributed by atoms with E-state index in [2.05, 4.69) is 15.5 Å². The Bertz CT molecular complexity index is 1140. The lowest BCUT2D eigenvalue weighted by Crippen LogP contribution is -2.21. The quantitative estimate of drug-likeness (QED) is 0.356. The van der Waals surface area contributed by atoms with E-state index in [-0.39, 0.29) is 20.9 Å². The van der Waals surface area contributed by atoms with Gasteiger partial charge in [0.25, 0.3) is 11.5 Å². The summed E-state index contributed by atoms with van der Waals surface area (Å²) < 4.78 is 1.31. The number of benzene rings is 2. The largest absolute Gasteiger partial charge is 0.494 e. The molecule has 0 saturated heterocycles. The monoisotopic (exact) mass is 400 g/mol. The summed E-state index contributed by atoms with van der Waals surface area (Å²) in [6.45, 7) is 0. The van der Waals surface area contributed by atoms with E-state index < -0.39 is 17.3 Å². The van der Waals surface area contributed by atoms with Crippen LogP contribution in [0.4, 0.5) is 0 Å². The van der Waals surface area contributed by atoms with E-state index in [1.54, 1.807) is 42.5 Å². The molecule has 0 radical (unpaired) electrons. The number of rotatable bonds is 4. The summed E-state index contributed by atoms with van der Waals surface area (Å²) in [6.07, 6.45) is 1.04. The van der Waals surface area contributed by atoms with Crippen LogP contribution in [0.1, 0.15) is 15.9 Å². The number of aromatic amines is 1. The number of aromatic nitrogens is 2. The minimum atomic E-state index is -0.638. The van der Waals surface area contributed by atoms with E-state index in [0.717, 1.165) is 6.21 Å². The fourth-order valence-corrected chi connectivity index (χ4v) is 2.84. The summed E-state index contributed by atoms with van der Waals surface area (Å²) in [5, 5.41) is 14.5. The highest BCUT2D eigenvalue weighted by atomic mass is 35.5. The molecule has 2 aromatic carbocycles. The number of aromatic hydroxyl groups is 1. The molecule has 0 aliphatic carbocycles. The maximum Gasteiger partial charge on any atom is 0.272 e. The second-order valence-electron chi connectivity index (χ2n) is 5.35. The second-order valence-corrected chi connectivity index (χ2v) is 6.14. The van der Waals surface area contributed by atoms with Crippen molar-refractivity contribution in [3.8, 4) is 11.6 Å². The molecule has 3 rings (SSSR count). The number of para-hydroxylation sites is 1. The predicted octanol–water partition coefficient (Wildman–Crippen LogP) is 3.02. The molecule has 7 nitrogen and oxygen atoms in total. The third-order valence-electron chi connectivity index (χ3n) is 3.61. The molecule has 0 saturated carbocycles. The third kappa shape index (κ3) is 3.97.